The summed E-state index contributed by atoms with van der Waals surface area (Å²) in [5, 5.41) is 0. The summed E-state index contributed by atoms with van der Waals surface area (Å²) >= 11 is 0. The van der Waals surface area contributed by atoms with Crippen molar-refractivity contribution in [1.29, 1.82) is 0 Å². The van der Waals surface area contributed by atoms with E-state index >= 15 is 0 Å². The molecule has 1 saturated heterocycles. The highest BCUT2D eigenvalue weighted by Gasteiger charge is 2.35. The van der Waals surface area contributed by atoms with E-state index in [-0.39, 0.29) is 17.7 Å². The van der Waals surface area contributed by atoms with E-state index in [2.05, 4.69) is 4.90 Å². The van der Waals surface area contributed by atoms with Gasteiger partial charge in [-0.05, 0) is 41.2 Å². The Morgan fingerprint density at radius 2 is 2.00 bits per heavy atom. The van der Waals surface area contributed by atoms with Crippen LogP contribution >= 0.6 is 0 Å². The maximum absolute atomic E-state index is 13.1. The number of rotatable bonds is 2. The number of nitrogens with zero attached hydrogens (tertiary/aromatic N) is 1. The summed E-state index contributed by atoms with van der Waals surface area (Å²) in [6.45, 7) is 8.68. The Balaban J connectivity index is 2.49. The standard InChI is InChI=1S/C11H22FNO/c1-8(14-11(2,3)4)10-6-9(12)7-13(10)5/h8-10H,6-7H2,1-5H3/t8-,9+,10-/m0/s1. The van der Waals surface area contributed by atoms with E-state index in [1.807, 2.05) is 34.7 Å². The number of halogens is 1. The van der Waals surface area contributed by atoms with Gasteiger partial charge in [0.15, 0.2) is 0 Å². The molecule has 1 aliphatic heterocycles. The molecule has 84 valence electrons. The van der Waals surface area contributed by atoms with Gasteiger partial charge in [0.1, 0.15) is 6.17 Å². The van der Waals surface area contributed by atoms with Crippen LogP contribution in [0.2, 0.25) is 0 Å². The second-order valence-electron chi connectivity index (χ2n) is 5.28. The third-order valence-corrected chi connectivity index (χ3v) is 2.63. The first-order chi connectivity index (χ1) is 6.29. The van der Waals surface area contributed by atoms with Gasteiger partial charge in [0.05, 0.1) is 11.7 Å². The lowest BCUT2D eigenvalue weighted by atomic mass is 10.1. The van der Waals surface area contributed by atoms with Crippen LogP contribution in [-0.2, 0) is 4.74 Å². The zero-order valence-corrected chi connectivity index (χ0v) is 9.88. The first-order valence-electron chi connectivity index (χ1n) is 5.32. The molecule has 0 amide bonds. The number of likely N-dealkylation sites (N-methyl/N-ethyl adjacent to an activating group) is 1. The summed E-state index contributed by atoms with van der Waals surface area (Å²) < 4.78 is 19.0. The molecule has 1 rings (SSSR count). The molecule has 0 aromatic heterocycles. The average molecular weight is 203 g/mol. The number of hydrogen-bond acceptors (Lipinski definition) is 2. The summed E-state index contributed by atoms with van der Waals surface area (Å²) in [7, 11) is 1.97. The summed E-state index contributed by atoms with van der Waals surface area (Å²) in [4.78, 5) is 2.06. The van der Waals surface area contributed by atoms with Crippen LogP contribution in [0.25, 0.3) is 0 Å². The average Bonchev–Trinajstić information content (AvgIpc) is 2.26. The molecule has 0 saturated carbocycles. The zero-order chi connectivity index (χ0) is 10.9. The Kier molecular flexibility index (Phi) is 3.53. The van der Waals surface area contributed by atoms with Crippen LogP contribution < -0.4 is 0 Å². The monoisotopic (exact) mass is 203 g/mol. The van der Waals surface area contributed by atoms with Crippen molar-refractivity contribution < 1.29 is 9.13 Å². The van der Waals surface area contributed by atoms with Crippen LogP contribution in [0.1, 0.15) is 34.1 Å². The number of alkyl halides is 1. The van der Waals surface area contributed by atoms with Crippen LogP contribution in [0.15, 0.2) is 0 Å². The zero-order valence-electron chi connectivity index (χ0n) is 9.88. The smallest absolute Gasteiger partial charge is 0.114 e. The summed E-state index contributed by atoms with van der Waals surface area (Å²) in [5.41, 5.74) is -0.144. The Morgan fingerprint density at radius 1 is 1.43 bits per heavy atom. The third kappa shape index (κ3) is 3.21. The highest BCUT2D eigenvalue weighted by atomic mass is 19.1. The molecule has 0 N–H and O–H groups in total. The lowest BCUT2D eigenvalue weighted by molar-refractivity contribution is -0.0778. The van der Waals surface area contributed by atoms with Gasteiger partial charge in [-0.25, -0.2) is 4.39 Å². The maximum atomic E-state index is 13.1. The van der Waals surface area contributed by atoms with Gasteiger partial charge < -0.3 is 4.74 Å². The molecule has 14 heavy (non-hydrogen) atoms. The van der Waals surface area contributed by atoms with Crippen molar-refractivity contribution in [2.75, 3.05) is 13.6 Å². The van der Waals surface area contributed by atoms with Crippen LogP contribution in [-0.4, -0.2) is 42.4 Å². The lowest BCUT2D eigenvalue weighted by Gasteiger charge is -2.31. The number of ether oxygens (including phenoxy) is 1. The van der Waals surface area contributed by atoms with Gasteiger partial charge in [-0.1, -0.05) is 0 Å². The molecule has 0 aromatic carbocycles. The van der Waals surface area contributed by atoms with Crippen LogP contribution in [0.3, 0.4) is 0 Å². The lowest BCUT2D eigenvalue weighted by Crippen LogP contribution is -2.40. The normalized spacial score (nSPS) is 32.1. The molecular formula is C11H22FNO. The first kappa shape index (κ1) is 11.9. The minimum atomic E-state index is -0.684. The molecule has 0 bridgehead atoms. The Morgan fingerprint density at radius 3 is 2.36 bits per heavy atom. The van der Waals surface area contributed by atoms with E-state index < -0.39 is 6.17 Å². The van der Waals surface area contributed by atoms with E-state index in [4.69, 9.17) is 4.74 Å². The molecular weight excluding hydrogens is 181 g/mol. The van der Waals surface area contributed by atoms with Gasteiger partial charge in [-0.2, -0.15) is 0 Å². The van der Waals surface area contributed by atoms with Gasteiger partial charge >= 0.3 is 0 Å². The van der Waals surface area contributed by atoms with E-state index in [0.29, 0.717) is 13.0 Å². The second kappa shape index (κ2) is 4.15. The quantitative estimate of drug-likeness (QED) is 0.682. The predicted molar refractivity (Wildman–Crippen MR) is 56.2 cm³/mol. The fourth-order valence-corrected chi connectivity index (χ4v) is 2.15. The second-order valence-corrected chi connectivity index (χ2v) is 5.28. The molecule has 0 radical (unpaired) electrons. The molecule has 0 spiro atoms. The Bertz CT molecular complexity index is 190. The molecule has 0 aliphatic carbocycles. The van der Waals surface area contributed by atoms with E-state index in [1.54, 1.807) is 0 Å². The molecule has 2 nitrogen and oxygen atoms in total. The van der Waals surface area contributed by atoms with Crippen molar-refractivity contribution in [2.24, 2.45) is 0 Å². The summed E-state index contributed by atoms with van der Waals surface area (Å²) in [5.74, 6) is 0. The predicted octanol–water partition coefficient (Wildman–Crippen LogP) is 2.23. The first-order valence-corrected chi connectivity index (χ1v) is 5.32. The SMILES string of the molecule is C[C@H](OC(C)(C)C)[C@@H]1C[C@@H](F)CN1C. The van der Waals surface area contributed by atoms with Gasteiger partial charge in [-0.15, -0.1) is 0 Å². The topological polar surface area (TPSA) is 12.5 Å². The molecule has 1 heterocycles. The highest BCUT2D eigenvalue weighted by molar-refractivity contribution is 4.88. The number of likely N-dealkylation sites (tertiary alicyclic amines) is 1. The van der Waals surface area contributed by atoms with E-state index in [1.165, 1.54) is 0 Å². The van der Waals surface area contributed by atoms with Crippen LogP contribution in [0, 0.1) is 0 Å². The minimum absolute atomic E-state index is 0.0979. The van der Waals surface area contributed by atoms with Crippen molar-refractivity contribution in [3.8, 4) is 0 Å². The molecule has 0 aromatic rings. The number of hydrogen-bond donors (Lipinski definition) is 0. The molecule has 0 unspecified atom stereocenters. The van der Waals surface area contributed by atoms with Gasteiger partial charge in [0.2, 0.25) is 0 Å². The highest BCUT2D eigenvalue weighted by Crippen LogP contribution is 2.25. The fourth-order valence-electron chi connectivity index (χ4n) is 2.15. The molecule has 1 fully saturated rings. The van der Waals surface area contributed by atoms with Crippen LogP contribution in [0.5, 0.6) is 0 Å². The van der Waals surface area contributed by atoms with Crippen molar-refractivity contribution in [2.45, 2.75) is 58.0 Å². The summed E-state index contributed by atoms with van der Waals surface area (Å²) in [6, 6.07) is 0.226. The van der Waals surface area contributed by atoms with Gasteiger partial charge in [0.25, 0.3) is 0 Å². The van der Waals surface area contributed by atoms with Gasteiger partial charge in [-0.3, -0.25) is 4.90 Å². The molecule has 3 atom stereocenters. The van der Waals surface area contributed by atoms with Crippen molar-refractivity contribution in [3.05, 3.63) is 0 Å². The Hall–Kier alpha value is -0.150. The van der Waals surface area contributed by atoms with E-state index in [9.17, 15) is 4.39 Å². The summed E-state index contributed by atoms with van der Waals surface area (Å²) in [6.07, 6.45) is 0.0186. The Labute approximate surface area is 86.4 Å². The molecule has 3 heteroatoms. The molecule has 1 aliphatic rings. The van der Waals surface area contributed by atoms with Crippen molar-refractivity contribution >= 4 is 0 Å². The third-order valence-electron chi connectivity index (χ3n) is 2.63. The largest absolute Gasteiger partial charge is 0.371 e. The van der Waals surface area contributed by atoms with Crippen LogP contribution in [0.4, 0.5) is 4.39 Å². The minimum Gasteiger partial charge on any atom is -0.371 e. The van der Waals surface area contributed by atoms with E-state index in [0.717, 1.165) is 0 Å². The fraction of sp³-hybridized carbons (Fsp3) is 1.00. The van der Waals surface area contributed by atoms with Gasteiger partial charge in [0, 0.05) is 12.6 Å². The van der Waals surface area contributed by atoms with Crippen molar-refractivity contribution in [3.63, 3.8) is 0 Å². The maximum Gasteiger partial charge on any atom is 0.114 e. The van der Waals surface area contributed by atoms with Crippen molar-refractivity contribution in [1.82, 2.24) is 4.90 Å².